The highest BCUT2D eigenvalue weighted by molar-refractivity contribution is 5.89. The lowest BCUT2D eigenvalue weighted by atomic mass is 10.2. The largest absolute Gasteiger partial charge is 0.476 e. The Morgan fingerprint density at radius 1 is 1.42 bits per heavy atom. The van der Waals surface area contributed by atoms with Crippen molar-refractivity contribution in [2.24, 2.45) is 0 Å². The standard InChI is InChI=1S/C11H8FN3O4/c12-8-3-1-7(2-4-8)5-14-6-9(15(18)19)10(13-14)11(16)17/h1-4,6H,5H2,(H,16,17). The number of rotatable bonds is 4. The van der Waals surface area contributed by atoms with Gasteiger partial charge in [-0.1, -0.05) is 12.1 Å². The van der Waals surface area contributed by atoms with Crippen LogP contribution in [0.3, 0.4) is 0 Å². The van der Waals surface area contributed by atoms with Crippen molar-refractivity contribution in [1.82, 2.24) is 9.78 Å². The van der Waals surface area contributed by atoms with Gasteiger partial charge in [0.25, 0.3) is 0 Å². The molecule has 19 heavy (non-hydrogen) atoms. The number of halogens is 1. The quantitative estimate of drug-likeness (QED) is 0.669. The summed E-state index contributed by atoms with van der Waals surface area (Å²) in [7, 11) is 0. The van der Waals surface area contributed by atoms with Gasteiger partial charge in [0.05, 0.1) is 11.5 Å². The molecular weight excluding hydrogens is 257 g/mol. The molecule has 0 saturated heterocycles. The fourth-order valence-corrected chi connectivity index (χ4v) is 1.55. The number of carbonyl (C=O) groups is 1. The summed E-state index contributed by atoms with van der Waals surface area (Å²) in [6.07, 6.45) is 1.03. The van der Waals surface area contributed by atoms with Crippen molar-refractivity contribution >= 4 is 11.7 Å². The lowest BCUT2D eigenvalue weighted by Gasteiger charge is -2.00. The molecule has 0 unspecified atom stereocenters. The molecule has 0 amide bonds. The predicted molar refractivity (Wildman–Crippen MR) is 61.3 cm³/mol. The molecule has 0 aliphatic rings. The first-order valence-electron chi connectivity index (χ1n) is 5.17. The SMILES string of the molecule is O=C(O)c1nn(Cc2ccc(F)cc2)cc1[N+](=O)[O-]. The van der Waals surface area contributed by atoms with Gasteiger partial charge < -0.3 is 5.11 Å². The van der Waals surface area contributed by atoms with Crippen LogP contribution >= 0.6 is 0 Å². The third kappa shape index (κ3) is 2.73. The zero-order chi connectivity index (χ0) is 14.0. The highest BCUT2D eigenvalue weighted by Gasteiger charge is 2.25. The Morgan fingerprint density at radius 3 is 2.53 bits per heavy atom. The summed E-state index contributed by atoms with van der Waals surface area (Å²) >= 11 is 0. The topological polar surface area (TPSA) is 98.3 Å². The molecule has 1 heterocycles. The number of carboxylic acid groups (broad SMARTS) is 1. The van der Waals surface area contributed by atoms with E-state index in [-0.39, 0.29) is 6.54 Å². The molecule has 0 aliphatic carbocycles. The molecule has 0 saturated carbocycles. The van der Waals surface area contributed by atoms with Gasteiger partial charge in [0.2, 0.25) is 5.69 Å². The number of nitro groups is 1. The Hall–Kier alpha value is -2.77. The Labute approximate surface area is 106 Å². The third-order valence-electron chi connectivity index (χ3n) is 2.40. The zero-order valence-electron chi connectivity index (χ0n) is 9.49. The van der Waals surface area contributed by atoms with Gasteiger partial charge >= 0.3 is 11.7 Å². The zero-order valence-corrected chi connectivity index (χ0v) is 9.49. The van der Waals surface area contributed by atoms with Gasteiger partial charge in [-0.3, -0.25) is 14.8 Å². The Balaban J connectivity index is 2.31. The maximum atomic E-state index is 12.7. The molecule has 2 aromatic rings. The molecule has 2 rings (SSSR count). The molecule has 1 aromatic carbocycles. The Kier molecular flexibility index (Phi) is 3.23. The number of benzene rings is 1. The molecule has 1 N–H and O–H groups in total. The van der Waals surface area contributed by atoms with Crippen molar-refractivity contribution in [2.75, 3.05) is 0 Å². The summed E-state index contributed by atoms with van der Waals surface area (Å²) in [6, 6.07) is 5.46. The number of hydrogen-bond donors (Lipinski definition) is 1. The van der Waals surface area contributed by atoms with Crippen LogP contribution in [0.15, 0.2) is 30.5 Å². The summed E-state index contributed by atoms with van der Waals surface area (Å²) in [5.41, 5.74) is -0.544. The Morgan fingerprint density at radius 2 is 2.05 bits per heavy atom. The van der Waals surface area contributed by atoms with Crippen molar-refractivity contribution in [3.63, 3.8) is 0 Å². The fourth-order valence-electron chi connectivity index (χ4n) is 1.55. The predicted octanol–water partition coefficient (Wildman–Crippen LogP) is 1.68. The molecular formula is C11H8FN3O4. The van der Waals surface area contributed by atoms with E-state index in [1.165, 1.54) is 24.3 Å². The Bertz CT molecular complexity index is 604. The van der Waals surface area contributed by atoms with Crippen LogP contribution in [-0.2, 0) is 6.54 Å². The second-order valence-corrected chi connectivity index (χ2v) is 3.75. The second kappa shape index (κ2) is 4.84. The molecule has 7 nitrogen and oxygen atoms in total. The average Bonchev–Trinajstić information content (AvgIpc) is 2.76. The number of carboxylic acids is 1. The lowest BCUT2D eigenvalue weighted by Crippen LogP contribution is -2.04. The maximum Gasteiger partial charge on any atom is 0.363 e. The maximum absolute atomic E-state index is 12.7. The molecule has 0 atom stereocenters. The summed E-state index contributed by atoms with van der Waals surface area (Å²) in [4.78, 5) is 20.7. The van der Waals surface area contributed by atoms with Crippen LogP contribution in [0.25, 0.3) is 0 Å². The molecule has 0 aliphatic heterocycles. The molecule has 0 radical (unpaired) electrons. The third-order valence-corrected chi connectivity index (χ3v) is 2.40. The van der Waals surface area contributed by atoms with Gasteiger partial charge in [0, 0.05) is 0 Å². The number of aromatic carboxylic acids is 1. The minimum atomic E-state index is -1.47. The molecule has 1 aromatic heterocycles. The molecule has 98 valence electrons. The van der Waals surface area contributed by atoms with E-state index in [0.29, 0.717) is 5.56 Å². The van der Waals surface area contributed by atoms with Gasteiger partial charge in [0.15, 0.2) is 0 Å². The van der Waals surface area contributed by atoms with Gasteiger partial charge in [-0.25, -0.2) is 9.18 Å². The summed E-state index contributed by atoms with van der Waals surface area (Å²) < 4.78 is 13.8. The number of aromatic nitrogens is 2. The van der Waals surface area contributed by atoms with E-state index in [2.05, 4.69) is 5.10 Å². The molecule has 0 spiro atoms. The van der Waals surface area contributed by atoms with Gasteiger partial charge in [-0.2, -0.15) is 5.10 Å². The van der Waals surface area contributed by atoms with Crippen molar-refractivity contribution in [1.29, 1.82) is 0 Å². The lowest BCUT2D eigenvalue weighted by molar-refractivity contribution is -0.385. The first-order valence-corrected chi connectivity index (χ1v) is 5.17. The molecule has 0 bridgehead atoms. The van der Waals surface area contributed by atoms with E-state index in [4.69, 9.17) is 5.11 Å². The first kappa shape index (κ1) is 12.7. The fraction of sp³-hybridized carbons (Fsp3) is 0.0909. The van der Waals surface area contributed by atoms with Crippen LogP contribution in [-0.4, -0.2) is 25.8 Å². The van der Waals surface area contributed by atoms with E-state index in [9.17, 15) is 19.3 Å². The monoisotopic (exact) mass is 265 g/mol. The number of nitrogens with zero attached hydrogens (tertiary/aromatic N) is 3. The smallest absolute Gasteiger partial charge is 0.363 e. The van der Waals surface area contributed by atoms with Crippen molar-refractivity contribution in [2.45, 2.75) is 6.54 Å². The van der Waals surface area contributed by atoms with E-state index in [1.807, 2.05) is 0 Å². The van der Waals surface area contributed by atoms with Crippen LogP contribution in [0, 0.1) is 15.9 Å². The van der Waals surface area contributed by atoms with Crippen LogP contribution < -0.4 is 0 Å². The van der Waals surface area contributed by atoms with Crippen molar-refractivity contribution in [3.8, 4) is 0 Å². The summed E-state index contributed by atoms with van der Waals surface area (Å²) in [5.74, 6) is -1.87. The van der Waals surface area contributed by atoms with E-state index < -0.39 is 28.1 Å². The minimum absolute atomic E-state index is 0.119. The van der Waals surface area contributed by atoms with E-state index in [0.717, 1.165) is 10.9 Å². The van der Waals surface area contributed by atoms with Gasteiger partial charge in [0.1, 0.15) is 12.0 Å². The normalized spacial score (nSPS) is 10.4. The van der Waals surface area contributed by atoms with Crippen molar-refractivity contribution < 1.29 is 19.2 Å². The first-order chi connectivity index (χ1) is 8.97. The highest BCUT2D eigenvalue weighted by Crippen LogP contribution is 2.17. The number of hydrogen-bond acceptors (Lipinski definition) is 4. The molecule has 0 fully saturated rings. The summed E-state index contributed by atoms with van der Waals surface area (Å²) in [5, 5.41) is 23.1. The van der Waals surface area contributed by atoms with Crippen molar-refractivity contribution in [3.05, 3.63) is 57.7 Å². The van der Waals surface area contributed by atoms with E-state index in [1.54, 1.807) is 0 Å². The minimum Gasteiger partial charge on any atom is -0.476 e. The average molecular weight is 265 g/mol. The van der Waals surface area contributed by atoms with Crippen LogP contribution in [0.4, 0.5) is 10.1 Å². The second-order valence-electron chi connectivity index (χ2n) is 3.75. The summed E-state index contributed by atoms with van der Waals surface area (Å²) in [6.45, 7) is 0.119. The van der Waals surface area contributed by atoms with E-state index >= 15 is 0 Å². The molecule has 8 heteroatoms. The van der Waals surface area contributed by atoms with Gasteiger partial charge in [-0.05, 0) is 17.7 Å². The van der Waals surface area contributed by atoms with Crippen LogP contribution in [0.2, 0.25) is 0 Å². The van der Waals surface area contributed by atoms with Crippen LogP contribution in [0.1, 0.15) is 16.1 Å². The van der Waals surface area contributed by atoms with Crippen LogP contribution in [0.5, 0.6) is 0 Å². The van der Waals surface area contributed by atoms with Gasteiger partial charge in [-0.15, -0.1) is 0 Å². The highest BCUT2D eigenvalue weighted by atomic mass is 19.1.